The molecule has 2 rings (SSSR count). The third-order valence-electron chi connectivity index (χ3n) is 2.92. The third kappa shape index (κ3) is 2.71. The molecule has 100 valence electrons. The van der Waals surface area contributed by atoms with Crippen molar-refractivity contribution < 1.29 is 9.53 Å². The summed E-state index contributed by atoms with van der Waals surface area (Å²) in [5.74, 6) is 0.401. The molecule has 0 aliphatic carbocycles. The molecule has 1 aromatic heterocycles. The number of aryl methyl sites for hydroxylation is 2. The standard InChI is InChI=1S/C14H16N2O2S/c1-8-6-9(2)11(7-10(8)15)16-14(17)13-12(18-3)4-5-19-13/h4-7H,15H2,1-3H3,(H,16,17). The van der Waals surface area contributed by atoms with Gasteiger partial charge in [-0.1, -0.05) is 6.07 Å². The fourth-order valence-corrected chi connectivity index (χ4v) is 2.56. The highest BCUT2D eigenvalue weighted by atomic mass is 32.1. The quantitative estimate of drug-likeness (QED) is 0.846. The van der Waals surface area contributed by atoms with Crippen molar-refractivity contribution in [3.63, 3.8) is 0 Å². The smallest absolute Gasteiger partial charge is 0.269 e. The van der Waals surface area contributed by atoms with Crippen LogP contribution in [-0.2, 0) is 0 Å². The Morgan fingerprint density at radius 3 is 2.74 bits per heavy atom. The van der Waals surface area contributed by atoms with E-state index in [1.165, 1.54) is 11.3 Å². The van der Waals surface area contributed by atoms with Gasteiger partial charge in [0.2, 0.25) is 0 Å². The van der Waals surface area contributed by atoms with Gasteiger partial charge in [0, 0.05) is 11.4 Å². The van der Waals surface area contributed by atoms with Crippen molar-refractivity contribution in [1.82, 2.24) is 0 Å². The maximum absolute atomic E-state index is 12.2. The lowest BCUT2D eigenvalue weighted by atomic mass is 10.1. The molecule has 1 aromatic carbocycles. The molecule has 1 heterocycles. The van der Waals surface area contributed by atoms with Crippen molar-refractivity contribution in [1.29, 1.82) is 0 Å². The van der Waals surface area contributed by atoms with Gasteiger partial charge in [-0.2, -0.15) is 0 Å². The summed E-state index contributed by atoms with van der Waals surface area (Å²) in [4.78, 5) is 12.7. The van der Waals surface area contributed by atoms with E-state index in [1.807, 2.05) is 25.3 Å². The van der Waals surface area contributed by atoms with Gasteiger partial charge in [0.05, 0.1) is 7.11 Å². The molecule has 0 radical (unpaired) electrons. The predicted molar refractivity (Wildman–Crippen MR) is 79.2 cm³/mol. The summed E-state index contributed by atoms with van der Waals surface area (Å²) in [6.07, 6.45) is 0. The molecule has 0 aliphatic rings. The molecule has 1 amide bonds. The van der Waals surface area contributed by atoms with E-state index in [1.54, 1.807) is 19.2 Å². The lowest BCUT2D eigenvalue weighted by Crippen LogP contribution is -2.12. The number of amides is 1. The van der Waals surface area contributed by atoms with E-state index in [2.05, 4.69) is 5.32 Å². The number of thiophene rings is 1. The minimum atomic E-state index is -0.182. The normalized spacial score (nSPS) is 10.3. The second-order valence-corrected chi connectivity index (χ2v) is 5.21. The number of carbonyl (C=O) groups excluding carboxylic acids is 1. The van der Waals surface area contributed by atoms with Gasteiger partial charge in [0.15, 0.2) is 0 Å². The second kappa shape index (κ2) is 5.32. The molecule has 0 fully saturated rings. The monoisotopic (exact) mass is 276 g/mol. The van der Waals surface area contributed by atoms with Crippen LogP contribution in [0.25, 0.3) is 0 Å². The third-order valence-corrected chi connectivity index (χ3v) is 3.81. The molecule has 3 N–H and O–H groups in total. The number of carbonyl (C=O) groups is 1. The number of ether oxygens (including phenoxy) is 1. The SMILES string of the molecule is COc1ccsc1C(=O)Nc1cc(N)c(C)cc1C. The summed E-state index contributed by atoms with van der Waals surface area (Å²) < 4.78 is 5.14. The summed E-state index contributed by atoms with van der Waals surface area (Å²) in [7, 11) is 1.55. The maximum Gasteiger partial charge on any atom is 0.269 e. The van der Waals surface area contributed by atoms with Gasteiger partial charge in [-0.25, -0.2) is 0 Å². The number of benzene rings is 1. The van der Waals surface area contributed by atoms with Gasteiger partial charge in [-0.15, -0.1) is 11.3 Å². The van der Waals surface area contributed by atoms with Crippen molar-refractivity contribution in [2.24, 2.45) is 0 Å². The molecule has 4 nitrogen and oxygen atoms in total. The molecule has 0 aliphatic heterocycles. The van der Waals surface area contributed by atoms with Gasteiger partial charge in [-0.05, 0) is 42.5 Å². The van der Waals surface area contributed by atoms with Crippen molar-refractivity contribution in [3.8, 4) is 5.75 Å². The number of nitrogens with one attached hydrogen (secondary N) is 1. The van der Waals surface area contributed by atoms with E-state index >= 15 is 0 Å². The Kier molecular flexibility index (Phi) is 3.76. The lowest BCUT2D eigenvalue weighted by Gasteiger charge is -2.11. The van der Waals surface area contributed by atoms with Gasteiger partial charge < -0.3 is 15.8 Å². The van der Waals surface area contributed by atoms with Gasteiger partial charge >= 0.3 is 0 Å². The summed E-state index contributed by atoms with van der Waals surface area (Å²) in [5, 5.41) is 4.69. The van der Waals surface area contributed by atoms with Crippen molar-refractivity contribution >= 4 is 28.6 Å². The zero-order chi connectivity index (χ0) is 14.0. The Hall–Kier alpha value is -2.01. The Morgan fingerprint density at radius 1 is 1.32 bits per heavy atom. The summed E-state index contributed by atoms with van der Waals surface area (Å²) in [5.41, 5.74) is 9.24. The minimum absolute atomic E-state index is 0.182. The highest BCUT2D eigenvalue weighted by molar-refractivity contribution is 7.12. The van der Waals surface area contributed by atoms with E-state index in [0.29, 0.717) is 16.3 Å². The maximum atomic E-state index is 12.2. The van der Waals surface area contributed by atoms with E-state index < -0.39 is 0 Å². The lowest BCUT2D eigenvalue weighted by molar-refractivity contribution is 0.102. The number of hydrogen-bond donors (Lipinski definition) is 2. The van der Waals surface area contributed by atoms with Crippen LogP contribution in [0.1, 0.15) is 20.8 Å². The molecule has 2 aromatic rings. The van der Waals surface area contributed by atoms with E-state index in [4.69, 9.17) is 10.5 Å². The van der Waals surface area contributed by atoms with Crippen LogP contribution in [0.5, 0.6) is 5.75 Å². The number of hydrogen-bond acceptors (Lipinski definition) is 4. The van der Waals surface area contributed by atoms with Crippen molar-refractivity contribution in [2.45, 2.75) is 13.8 Å². The van der Waals surface area contributed by atoms with Gasteiger partial charge in [0.1, 0.15) is 10.6 Å². The van der Waals surface area contributed by atoms with Crippen LogP contribution in [0.3, 0.4) is 0 Å². The molecule has 0 bridgehead atoms. The topological polar surface area (TPSA) is 64.3 Å². The number of methoxy groups -OCH3 is 1. The molecule has 0 saturated heterocycles. The fraction of sp³-hybridized carbons (Fsp3) is 0.214. The van der Waals surface area contributed by atoms with Crippen molar-refractivity contribution in [3.05, 3.63) is 39.6 Å². The average Bonchev–Trinajstić information content (AvgIpc) is 2.84. The van der Waals surface area contributed by atoms with E-state index in [0.717, 1.165) is 16.8 Å². The summed E-state index contributed by atoms with van der Waals surface area (Å²) in [6, 6.07) is 5.51. The first-order chi connectivity index (χ1) is 9.02. The Labute approximate surface area is 116 Å². The number of nitrogens with two attached hydrogens (primary N) is 1. The van der Waals surface area contributed by atoms with E-state index in [9.17, 15) is 4.79 Å². The molecule has 0 unspecified atom stereocenters. The average molecular weight is 276 g/mol. The zero-order valence-corrected chi connectivity index (χ0v) is 11.9. The number of rotatable bonds is 3. The number of anilines is 2. The predicted octanol–water partition coefficient (Wildman–Crippen LogP) is 3.21. The highest BCUT2D eigenvalue weighted by Gasteiger charge is 2.15. The van der Waals surface area contributed by atoms with Crippen LogP contribution in [0.4, 0.5) is 11.4 Å². The van der Waals surface area contributed by atoms with Crippen LogP contribution >= 0.6 is 11.3 Å². The molecule has 0 atom stereocenters. The van der Waals surface area contributed by atoms with Gasteiger partial charge in [-0.3, -0.25) is 4.79 Å². The first kappa shape index (κ1) is 13.4. The van der Waals surface area contributed by atoms with Crippen LogP contribution < -0.4 is 15.8 Å². The van der Waals surface area contributed by atoms with Gasteiger partial charge in [0.25, 0.3) is 5.91 Å². The fourth-order valence-electron chi connectivity index (χ4n) is 1.81. The highest BCUT2D eigenvalue weighted by Crippen LogP contribution is 2.27. The first-order valence-electron chi connectivity index (χ1n) is 5.82. The summed E-state index contributed by atoms with van der Waals surface area (Å²) in [6.45, 7) is 3.88. The molecule has 5 heteroatoms. The Morgan fingerprint density at radius 2 is 2.05 bits per heavy atom. The van der Waals surface area contributed by atoms with Crippen LogP contribution in [-0.4, -0.2) is 13.0 Å². The second-order valence-electron chi connectivity index (χ2n) is 4.30. The molecule has 0 spiro atoms. The summed E-state index contributed by atoms with van der Waals surface area (Å²) >= 11 is 1.35. The van der Waals surface area contributed by atoms with E-state index in [-0.39, 0.29) is 5.91 Å². The first-order valence-corrected chi connectivity index (χ1v) is 6.70. The molecular weight excluding hydrogens is 260 g/mol. The van der Waals surface area contributed by atoms with Crippen LogP contribution in [0, 0.1) is 13.8 Å². The van der Waals surface area contributed by atoms with Crippen LogP contribution in [0.15, 0.2) is 23.6 Å². The minimum Gasteiger partial charge on any atom is -0.495 e. The van der Waals surface area contributed by atoms with Crippen molar-refractivity contribution in [2.75, 3.05) is 18.2 Å². The Balaban J connectivity index is 2.27. The molecule has 19 heavy (non-hydrogen) atoms. The Bertz CT molecular complexity index is 620. The zero-order valence-electron chi connectivity index (χ0n) is 11.1. The number of nitrogen functional groups attached to an aromatic ring is 1. The molecular formula is C14H16N2O2S. The largest absolute Gasteiger partial charge is 0.495 e. The van der Waals surface area contributed by atoms with Crippen LogP contribution in [0.2, 0.25) is 0 Å². The molecule has 0 saturated carbocycles.